The lowest BCUT2D eigenvalue weighted by Gasteiger charge is -2.38. The van der Waals surface area contributed by atoms with E-state index in [2.05, 4.69) is 17.4 Å². The van der Waals surface area contributed by atoms with Crippen molar-refractivity contribution in [3.8, 4) is 5.75 Å². The Bertz CT molecular complexity index is 448. The summed E-state index contributed by atoms with van der Waals surface area (Å²) >= 11 is 0. The van der Waals surface area contributed by atoms with Crippen molar-refractivity contribution in [2.75, 3.05) is 34.0 Å². The number of benzene rings is 1. The van der Waals surface area contributed by atoms with E-state index < -0.39 is 0 Å². The Morgan fingerprint density at radius 3 is 2.57 bits per heavy atom. The van der Waals surface area contributed by atoms with Crippen molar-refractivity contribution in [3.05, 3.63) is 29.8 Å². The van der Waals surface area contributed by atoms with Crippen LogP contribution >= 0.6 is 0 Å². The SMILES string of the molecule is COc1ccc(C2CC(NCC3(OC)CCOC3)C2)cc1. The third-order valence-electron chi connectivity index (χ3n) is 4.94. The highest BCUT2D eigenvalue weighted by molar-refractivity contribution is 5.30. The molecule has 3 rings (SSSR count). The smallest absolute Gasteiger partial charge is 0.118 e. The summed E-state index contributed by atoms with van der Waals surface area (Å²) in [5.74, 6) is 1.60. The van der Waals surface area contributed by atoms with Crippen LogP contribution in [0.25, 0.3) is 0 Å². The maximum atomic E-state index is 5.65. The predicted octanol–water partition coefficient (Wildman–Crippen LogP) is 2.34. The molecule has 1 aromatic rings. The highest BCUT2D eigenvalue weighted by Gasteiger charge is 2.37. The molecule has 1 aliphatic carbocycles. The minimum Gasteiger partial charge on any atom is -0.497 e. The van der Waals surface area contributed by atoms with Gasteiger partial charge >= 0.3 is 0 Å². The summed E-state index contributed by atoms with van der Waals surface area (Å²) in [6.07, 6.45) is 3.39. The lowest BCUT2D eigenvalue weighted by Crippen LogP contribution is -2.49. The van der Waals surface area contributed by atoms with Crippen molar-refractivity contribution in [2.45, 2.75) is 36.8 Å². The van der Waals surface area contributed by atoms with Crippen LogP contribution in [0.1, 0.15) is 30.7 Å². The molecule has 1 unspecified atom stereocenters. The third kappa shape index (κ3) is 3.23. The van der Waals surface area contributed by atoms with Crippen molar-refractivity contribution in [1.29, 1.82) is 0 Å². The highest BCUT2D eigenvalue weighted by atomic mass is 16.5. The Balaban J connectivity index is 1.45. The molecule has 2 fully saturated rings. The van der Waals surface area contributed by atoms with Crippen molar-refractivity contribution < 1.29 is 14.2 Å². The monoisotopic (exact) mass is 291 g/mol. The van der Waals surface area contributed by atoms with Crippen LogP contribution < -0.4 is 10.1 Å². The lowest BCUT2D eigenvalue weighted by atomic mass is 9.75. The Labute approximate surface area is 126 Å². The molecule has 1 aromatic carbocycles. The fourth-order valence-corrected chi connectivity index (χ4v) is 3.22. The van der Waals surface area contributed by atoms with Crippen LogP contribution in [0, 0.1) is 0 Å². The minimum absolute atomic E-state index is 0.106. The van der Waals surface area contributed by atoms with Crippen LogP contribution in [0.5, 0.6) is 5.75 Å². The van der Waals surface area contributed by atoms with Crippen LogP contribution in [0.3, 0.4) is 0 Å². The molecule has 4 nitrogen and oxygen atoms in total. The molecule has 1 aliphatic heterocycles. The van der Waals surface area contributed by atoms with Gasteiger partial charge in [0.15, 0.2) is 0 Å². The predicted molar refractivity (Wildman–Crippen MR) is 81.9 cm³/mol. The second-order valence-electron chi connectivity index (χ2n) is 6.21. The molecule has 1 heterocycles. The molecule has 2 aliphatic rings. The van der Waals surface area contributed by atoms with Crippen LogP contribution in [-0.2, 0) is 9.47 Å². The maximum absolute atomic E-state index is 5.65. The minimum atomic E-state index is -0.106. The molecule has 21 heavy (non-hydrogen) atoms. The average Bonchev–Trinajstić information content (AvgIpc) is 2.96. The summed E-state index contributed by atoms with van der Waals surface area (Å²) in [5.41, 5.74) is 1.31. The second-order valence-corrected chi connectivity index (χ2v) is 6.21. The Morgan fingerprint density at radius 1 is 1.24 bits per heavy atom. The highest BCUT2D eigenvalue weighted by Crippen LogP contribution is 2.37. The lowest BCUT2D eigenvalue weighted by molar-refractivity contribution is -0.0196. The topological polar surface area (TPSA) is 39.7 Å². The maximum Gasteiger partial charge on any atom is 0.118 e. The normalized spacial score (nSPS) is 31.9. The van der Waals surface area contributed by atoms with E-state index >= 15 is 0 Å². The van der Waals surface area contributed by atoms with Gasteiger partial charge in [0.05, 0.1) is 13.7 Å². The molecule has 1 N–H and O–H groups in total. The van der Waals surface area contributed by atoms with Gasteiger partial charge in [-0.25, -0.2) is 0 Å². The number of ether oxygens (including phenoxy) is 3. The van der Waals surface area contributed by atoms with Gasteiger partial charge in [-0.05, 0) is 36.5 Å². The Hall–Kier alpha value is -1.10. The van der Waals surface area contributed by atoms with Gasteiger partial charge in [-0.15, -0.1) is 0 Å². The average molecular weight is 291 g/mol. The zero-order valence-corrected chi connectivity index (χ0v) is 12.9. The van der Waals surface area contributed by atoms with Gasteiger partial charge in [0.25, 0.3) is 0 Å². The van der Waals surface area contributed by atoms with E-state index in [0.29, 0.717) is 18.6 Å². The van der Waals surface area contributed by atoms with Gasteiger partial charge in [0, 0.05) is 32.7 Å². The molecule has 0 radical (unpaired) electrons. The quantitative estimate of drug-likeness (QED) is 0.873. The molecular formula is C17H25NO3. The van der Waals surface area contributed by atoms with Gasteiger partial charge in [-0.1, -0.05) is 12.1 Å². The zero-order valence-electron chi connectivity index (χ0n) is 12.9. The standard InChI is InChI=1S/C17H25NO3/c1-19-16-5-3-13(4-6-16)14-9-15(10-14)18-11-17(20-2)7-8-21-12-17/h3-6,14-15,18H,7-12H2,1-2H3. The largest absolute Gasteiger partial charge is 0.497 e. The summed E-state index contributed by atoms with van der Waals surface area (Å²) in [5, 5.41) is 3.65. The molecule has 1 atom stereocenters. The van der Waals surface area contributed by atoms with Crippen LogP contribution in [0.2, 0.25) is 0 Å². The van der Waals surface area contributed by atoms with Crippen molar-refractivity contribution >= 4 is 0 Å². The first-order valence-corrected chi connectivity index (χ1v) is 7.75. The zero-order chi connectivity index (χ0) is 14.7. The molecule has 1 saturated carbocycles. The number of nitrogens with one attached hydrogen (secondary N) is 1. The molecule has 0 bridgehead atoms. The molecule has 0 amide bonds. The number of methoxy groups -OCH3 is 2. The number of hydrogen-bond acceptors (Lipinski definition) is 4. The van der Waals surface area contributed by atoms with E-state index in [0.717, 1.165) is 25.3 Å². The first kappa shape index (κ1) is 14.8. The molecule has 1 saturated heterocycles. The molecular weight excluding hydrogens is 266 g/mol. The second kappa shape index (κ2) is 6.34. The van der Waals surface area contributed by atoms with Crippen LogP contribution in [-0.4, -0.2) is 45.6 Å². The summed E-state index contributed by atoms with van der Waals surface area (Å²) in [7, 11) is 3.49. The third-order valence-corrected chi connectivity index (χ3v) is 4.94. The van der Waals surface area contributed by atoms with E-state index in [4.69, 9.17) is 14.2 Å². The fraction of sp³-hybridized carbons (Fsp3) is 0.647. The summed E-state index contributed by atoms with van der Waals surface area (Å²) in [4.78, 5) is 0. The van der Waals surface area contributed by atoms with Gasteiger partial charge in [0.2, 0.25) is 0 Å². The van der Waals surface area contributed by atoms with Gasteiger partial charge in [0.1, 0.15) is 11.4 Å². The summed E-state index contributed by atoms with van der Waals surface area (Å²) < 4.78 is 16.3. The van der Waals surface area contributed by atoms with E-state index in [1.807, 2.05) is 12.1 Å². The fourth-order valence-electron chi connectivity index (χ4n) is 3.22. The summed E-state index contributed by atoms with van der Waals surface area (Å²) in [6, 6.07) is 9.06. The van der Waals surface area contributed by atoms with Crippen LogP contribution in [0.4, 0.5) is 0 Å². The van der Waals surface area contributed by atoms with Gasteiger partial charge in [-0.2, -0.15) is 0 Å². The van der Waals surface area contributed by atoms with Gasteiger partial charge < -0.3 is 19.5 Å². The Kier molecular flexibility index (Phi) is 4.48. The van der Waals surface area contributed by atoms with E-state index in [1.54, 1.807) is 14.2 Å². The number of rotatable bonds is 6. The molecule has 4 heteroatoms. The summed E-state index contributed by atoms with van der Waals surface area (Å²) in [6.45, 7) is 2.42. The van der Waals surface area contributed by atoms with E-state index in [-0.39, 0.29) is 5.60 Å². The Morgan fingerprint density at radius 2 is 2.00 bits per heavy atom. The molecule has 116 valence electrons. The first-order valence-electron chi connectivity index (χ1n) is 7.75. The van der Waals surface area contributed by atoms with Crippen LogP contribution in [0.15, 0.2) is 24.3 Å². The van der Waals surface area contributed by atoms with Crippen molar-refractivity contribution in [3.63, 3.8) is 0 Å². The van der Waals surface area contributed by atoms with E-state index in [9.17, 15) is 0 Å². The first-order chi connectivity index (χ1) is 10.2. The molecule has 0 spiro atoms. The molecule has 0 aromatic heterocycles. The van der Waals surface area contributed by atoms with Crippen molar-refractivity contribution in [1.82, 2.24) is 5.32 Å². The number of hydrogen-bond donors (Lipinski definition) is 1. The van der Waals surface area contributed by atoms with E-state index in [1.165, 1.54) is 18.4 Å². The van der Waals surface area contributed by atoms with Gasteiger partial charge in [-0.3, -0.25) is 0 Å². The van der Waals surface area contributed by atoms with Crippen molar-refractivity contribution in [2.24, 2.45) is 0 Å².